The van der Waals surface area contributed by atoms with Crippen molar-refractivity contribution in [3.8, 4) is 0 Å². The third-order valence-corrected chi connectivity index (χ3v) is 4.29. The SMILES string of the molecule is CCCCNC(=O)c1cc(C)nc(N2CCN(c3ncccn3)CC2)n1. The molecule has 0 radical (unpaired) electrons. The van der Waals surface area contributed by atoms with Crippen molar-refractivity contribution in [1.82, 2.24) is 25.3 Å². The maximum absolute atomic E-state index is 12.3. The van der Waals surface area contributed by atoms with Crippen LogP contribution in [-0.4, -0.2) is 58.6 Å². The van der Waals surface area contributed by atoms with Gasteiger partial charge in [0, 0.05) is 50.8 Å². The first kappa shape index (κ1) is 18.0. The van der Waals surface area contributed by atoms with Gasteiger partial charge in [-0.15, -0.1) is 0 Å². The van der Waals surface area contributed by atoms with E-state index in [1.807, 2.05) is 13.0 Å². The monoisotopic (exact) mass is 355 g/mol. The summed E-state index contributed by atoms with van der Waals surface area (Å²) < 4.78 is 0. The maximum Gasteiger partial charge on any atom is 0.270 e. The van der Waals surface area contributed by atoms with Gasteiger partial charge in [0.15, 0.2) is 0 Å². The zero-order valence-corrected chi connectivity index (χ0v) is 15.4. The van der Waals surface area contributed by atoms with Crippen molar-refractivity contribution in [2.45, 2.75) is 26.7 Å². The third kappa shape index (κ3) is 4.44. The number of hydrogen-bond donors (Lipinski definition) is 1. The van der Waals surface area contributed by atoms with Crippen LogP contribution in [0.5, 0.6) is 0 Å². The first-order valence-electron chi connectivity index (χ1n) is 9.08. The number of unbranched alkanes of at least 4 members (excludes halogenated alkanes) is 1. The molecule has 2 aromatic heterocycles. The van der Waals surface area contributed by atoms with Gasteiger partial charge in [0.05, 0.1) is 0 Å². The number of anilines is 2. The van der Waals surface area contributed by atoms with Crippen molar-refractivity contribution in [1.29, 1.82) is 0 Å². The molecule has 1 fully saturated rings. The second-order valence-corrected chi connectivity index (χ2v) is 6.33. The molecule has 26 heavy (non-hydrogen) atoms. The number of nitrogens with one attached hydrogen (secondary N) is 1. The van der Waals surface area contributed by atoms with Gasteiger partial charge in [0.2, 0.25) is 11.9 Å². The fraction of sp³-hybridized carbons (Fsp3) is 0.500. The summed E-state index contributed by atoms with van der Waals surface area (Å²) in [4.78, 5) is 34.2. The average Bonchev–Trinajstić information content (AvgIpc) is 2.68. The van der Waals surface area contributed by atoms with Crippen molar-refractivity contribution < 1.29 is 4.79 Å². The smallest absolute Gasteiger partial charge is 0.270 e. The number of nitrogens with zero attached hydrogens (tertiary/aromatic N) is 6. The van der Waals surface area contributed by atoms with Gasteiger partial charge in [-0.1, -0.05) is 13.3 Å². The van der Waals surface area contributed by atoms with Crippen molar-refractivity contribution >= 4 is 17.8 Å². The van der Waals surface area contributed by atoms with Gasteiger partial charge in [-0.3, -0.25) is 4.79 Å². The van der Waals surface area contributed by atoms with Gasteiger partial charge in [-0.25, -0.2) is 19.9 Å². The standard InChI is InChI=1S/C18H25N7O/c1-3-4-6-19-16(26)15-13-14(2)22-18(23-15)25-11-9-24(10-12-25)17-20-7-5-8-21-17/h5,7-8,13H,3-4,6,9-12H2,1-2H3,(H,19,26). The highest BCUT2D eigenvalue weighted by molar-refractivity contribution is 5.92. The summed E-state index contributed by atoms with van der Waals surface area (Å²) in [6.07, 6.45) is 5.51. The van der Waals surface area contributed by atoms with Crippen molar-refractivity contribution in [3.63, 3.8) is 0 Å². The summed E-state index contributed by atoms with van der Waals surface area (Å²) in [5, 5.41) is 2.91. The zero-order chi connectivity index (χ0) is 18.4. The Labute approximate surface area is 153 Å². The molecular formula is C18H25N7O. The topological polar surface area (TPSA) is 87.1 Å². The summed E-state index contributed by atoms with van der Waals surface area (Å²) in [7, 11) is 0. The lowest BCUT2D eigenvalue weighted by atomic mass is 10.3. The molecule has 1 N–H and O–H groups in total. The van der Waals surface area contributed by atoms with Gasteiger partial charge in [0.25, 0.3) is 5.91 Å². The lowest BCUT2D eigenvalue weighted by Crippen LogP contribution is -2.47. The number of amides is 1. The van der Waals surface area contributed by atoms with Gasteiger partial charge < -0.3 is 15.1 Å². The lowest BCUT2D eigenvalue weighted by molar-refractivity contribution is 0.0948. The van der Waals surface area contributed by atoms with E-state index in [1.165, 1.54) is 0 Å². The molecule has 1 aliphatic rings. The van der Waals surface area contributed by atoms with Crippen LogP contribution in [0.15, 0.2) is 24.5 Å². The first-order valence-corrected chi connectivity index (χ1v) is 9.08. The Balaban J connectivity index is 1.65. The summed E-state index contributed by atoms with van der Waals surface area (Å²) >= 11 is 0. The van der Waals surface area contributed by atoms with Crippen LogP contribution < -0.4 is 15.1 Å². The predicted molar refractivity (Wildman–Crippen MR) is 100 cm³/mol. The fourth-order valence-electron chi connectivity index (χ4n) is 2.84. The zero-order valence-electron chi connectivity index (χ0n) is 15.4. The van der Waals surface area contributed by atoms with Crippen molar-refractivity contribution in [3.05, 3.63) is 35.9 Å². The molecule has 8 nitrogen and oxygen atoms in total. The van der Waals surface area contributed by atoms with E-state index in [-0.39, 0.29) is 5.91 Å². The predicted octanol–water partition coefficient (Wildman–Crippen LogP) is 1.43. The van der Waals surface area contributed by atoms with Gasteiger partial charge in [0.1, 0.15) is 5.69 Å². The van der Waals surface area contributed by atoms with E-state index in [4.69, 9.17) is 0 Å². The number of aryl methyl sites for hydroxylation is 1. The maximum atomic E-state index is 12.3. The molecule has 2 aromatic rings. The molecule has 138 valence electrons. The fourth-order valence-corrected chi connectivity index (χ4v) is 2.84. The van der Waals surface area contributed by atoms with Crippen LogP contribution >= 0.6 is 0 Å². The van der Waals surface area contributed by atoms with E-state index in [1.54, 1.807) is 18.5 Å². The van der Waals surface area contributed by atoms with E-state index in [0.717, 1.165) is 50.7 Å². The lowest BCUT2D eigenvalue weighted by Gasteiger charge is -2.34. The largest absolute Gasteiger partial charge is 0.351 e. The Morgan fingerprint density at radius 1 is 1.08 bits per heavy atom. The second-order valence-electron chi connectivity index (χ2n) is 6.33. The summed E-state index contributed by atoms with van der Waals surface area (Å²) in [5.74, 6) is 1.22. The number of aromatic nitrogens is 4. The molecular weight excluding hydrogens is 330 g/mol. The molecule has 0 spiro atoms. The third-order valence-electron chi connectivity index (χ3n) is 4.29. The molecule has 0 aliphatic carbocycles. The number of piperazine rings is 1. The molecule has 8 heteroatoms. The summed E-state index contributed by atoms with van der Waals surface area (Å²) in [5.41, 5.74) is 1.22. The summed E-state index contributed by atoms with van der Waals surface area (Å²) in [6, 6.07) is 3.55. The van der Waals surface area contributed by atoms with E-state index >= 15 is 0 Å². The minimum absolute atomic E-state index is 0.137. The Morgan fingerprint density at radius 3 is 2.38 bits per heavy atom. The van der Waals surface area contributed by atoms with Crippen LogP contribution in [-0.2, 0) is 0 Å². The Morgan fingerprint density at radius 2 is 1.73 bits per heavy atom. The number of carbonyl (C=O) groups is 1. The molecule has 3 heterocycles. The number of hydrogen-bond acceptors (Lipinski definition) is 7. The molecule has 0 aromatic carbocycles. The number of carbonyl (C=O) groups excluding carboxylic acids is 1. The van der Waals surface area contributed by atoms with Crippen molar-refractivity contribution in [2.75, 3.05) is 42.5 Å². The van der Waals surface area contributed by atoms with Crippen LogP contribution in [0, 0.1) is 6.92 Å². The number of rotatable bonds is 6. The highest BCUT2D eigenvalue weighted by Crippen LogP contribution is 2.15. The molecule has 1 aliphatic heterocycles. The molecule has 1 saturated heterocycles. The highest BCUT2D eigenvalue weighted by Gasteiger charge is 2.22. The highest BCUT2D eigenvalue weighted by atomic mass is 16.1. The minimum Gasteiger partial charge on any atom is -0.351 e. The van der Waals surface area contributed by atoms with Gasteiger partial charge in [-0.2, -0.15) is 0 Å². The van der Waals surface area contributed by atoms with Crippen LogP contribution in [0.1, 0.15) is 35.9 Å². The van der Waals surface area contributed by atoms with Crippen molar-refractivity contribution in [2.24, 2.45) is 0 Å². The van der Waals surface area contributed by atoms with Gasteiger partial charge >= 0.3 is 0 Å². The molecule has 0 bridgehead atoms. The molecule has 0 unspecified atom stereocenters. The second kappa shape index (κ2) is 8.55. The molecule has 3 rings (SSSR count). The first-order chi connectivity index (χ1) is 12.7. The van der Waals surface area contributed by atoms with Crippen LogP contribution in [0.25, 0.3) is 0 Å². The molecule has 0 saturated carbocycles. The average molecular weight is 355 g/mol. The molecule has 0 atom stereocenters. The van der Waals surface area contributed by atoms with E-state index in [0.29, 0.717) is 18.2 Å². The Hall–Kier alpha value is -2.77. The Kier molecular flexibility index (Phi) is 5.93. The van der Waals surface area contributed by atoms with E-state index in [9.17, 15) is 4.79 Å². The van der Waals surface area contributed by atoms with Crippen LogP contribution in [0.4, 0.5) is 11.9 Å². The Bertz CT molecular complexity index is 730. The minimum atomic E-state index is -0.137. The normalized spacial score (nSPS) is 14.4. The summed E-state index contributed by atoms with van der Waals surface area (Å²) in [6.45, 7) is 7.76. The molecule has 1 amide bonds. The van der Waals surface area contributed by atoms with E-state index < -0.39 is 0 Å². The quantitative estimate of drug-likeness (QED) is 0.784. The van der Waals surface area contributed by atoms with Crippen LogP contribution in [0.2, 0.25) is 0 Å². The van der Waals surface area contributed by atoms with E-state index in [2.05, 4.69) is 42.0 Å². The van der Waals surface area contributed by atoms with Crippen LogP contribution in [0.3, 0.4) is 0 Å². The van der Waals surface area contributed by atoms with Gasteiger partial charge in [-0.05, 0) is 25.5 Å².